The van der Waals surface area contributed by atoms with Crippen LogP contribution in [0.2, 0.25) is 5.02 Å². The van der Waals surface area contributed by atoms with E-state index >= 15 is 0 Å². The van der Waals surface area contributed by atoms with Gasteiger partial charge in [-0.25, -0.2) is 5.43 Å². The lowest BCUT2D eigenvalue weighted by molar-refractivity contribution is -0.385. The van der Waals surface area contributed by atoms with Crippen molar-refractivity contribution in [1.82, 2.24) is 5.43 Å². The first-order valence-corrected chi connectivity index (χ1v) is 6.78. The molecule has 2 rings (SSSR count). The van der Waals surface area contributed by atoms with Gasteiger partial charge in [0.1, 0.15) is 5.02 Å². The Hall–Kier alpha value is -3.33. The van der Waals surface area contributed by atoms with E-state index in [4.69, 9.17) is 11.6 Å². The van der Waals surface area contributed by atoms with Gasteiger partial charge < -0.3 is 0 Å². The van der Waals surface area contributed by atoms with Gasteiger partial charge in [0.25, 0.3) is 17.3 Å². The molecule has 0 fully saturated rings. The maximum absolute atomic E-state index is 11.8. The summed E-state index contributed by atoms with van der Waals surface area (Å²) in [6.45, 7) is 0. The van der Waals surface area contributed by atoms with Crippen LogP contribution in [0.4, 0.5) is 11.4 Å². The molecule has 0 atom stereocenters. The number of carbonyl (C=O) groups is 1. The molecule has 0 radical (unpaired) electrons. The van der Waals surface area contributed by atoms with Crippen LogP contribution < -0.4 is 5.43 Å². The summed E-state index contributed by atoms with van der Waals surface area (Å²) >= 11 is 5.69. The summed E-state index contributed by atoms with van der Waals surface area (Å²) in [5, 5.41) is 25.0. The van der Waals surface area contributed by atoms with Crippen molar-refractivity contribution in [3.63, 3.8) is 0 Å². The molecule has 1 N–H and O–H groups in total. The number of hydrogen-bond donors (Lipinski definition) is 1. The SMILES string of the molecule is O=C(N/N=C/c1ccc(Cl)c([N+](=O)[O-])c1)c1ccc([N+](=O)[O-])cc1. The lowest BCUT2D eigenvalue weighted by atomic mass is 10.2. The molecule has 9 nitrogen and oxygen atoms in total. The molecule has 0 aliphatic carbocycles. The van der Waals surface area contributed by atoms with Gasteiger partial charge in [-0.15, -0.1) is 0 Å². The van der Waals surface area contributed by atoms with Crippen LogP contribution in [0.15, 0.2) is 47.6 Å². The average Bonchev–Trinajstić information content (AvgIpc) is 2.56. The normalized spacial score (nSPS) is 10.5. The van der Waals surface area contributed by atoms with E-state index < -0.39 is 15.8 Å². The van der Waals surface area contributed by atoms with Crippen LogP contribution in [0.5, 0.6) is 0 Å². The molecule has 0 unspecified atom stereocenters. The zero-order valence-corrected chi connectivity index (χ0v) is 12.6. The van der Waals surface area contributed by atoms with Crippen LogP contribution in [0.1, 0.15) is 15.9 Å². The zero-order chi connectivity index (χ0) is 17.7. The number of carbonyl (C=O) groups excluding carboxylic acids is 1. The largest absolute Gasteiger partial charge is 0.288 e. The van der Waals surface area contributed by atoms with Crippen molar-refractivity contribution in [3.8, 4) is 0 Å². The minimum Gasteiger partial charge on any atom is -0.267 e. The summed E-state index contributed by atoms with van der Waals surface area (Å²) in [7, 11) is 0. The molecule has 0 saturated heterocycles. The van der Waals surface area contributed by atoms with Gasteiger partial charge in [0.2, 0.25) is 0 Å². The molecular formula is C14H9ClN4O5. The van der Waals surface area contributed by atoms with Crippen molar-refractivity contribution < 1.29 is 14.6 Å². The van der Waals surface area contributed by atoms with Gasteiger partial charge >= 0.3 is 0 Å². The summed E-state index contributed by atoms with van der Waals surface area (Å²) in [6, 6.07) is 9.02. The number of non-ortho nitro benzene ring substituents is 1. The highest BCUT2D eigenvalue weighted by atomic mass is 35.5. The van der Waals surface area contributed by atoms with E-state index in [1.165, 1.54) is 48.7 Å². The second-order valence-corrected chi connectivity index (χ2v) is 4.88. The highest BCUT2D eigenvalue weighted by Gasteiger charge is 2.12. The van der Waals surface area contributed by atoms with Crippen LogP contribution in [-0.4, -0.2) is 22.0 Å². The molecule has 0 aromatic heterocycles. The maximum atomic E-state index is 11.8. The third-order valence-corrected chi connectivity index (χ3v) is 3.21. The molecule has 0 aliphatic heterocycles. The fourth-order valence-electron chi connectivity index (χ4n) is 1.71. The number of hydrazone groups is 1. The third-order valence-electron chi connectivity index (χ3n) is 2.89. The molecular weight excluding hydrogens is 340 g/mol. The minimum atomic E-state index is -0.630. The first-order chi connectivity index (χ1) is 11.4. The Labute approximate surface area is 139 Å². The summed E-state index contributed by atoms with van der Waals surface area (Å²) < 4.78 is 0. The molecule has 0 bridgehead atoms. The first kappa shape index (κ1) is 17.0. The van der Waals surface area contributed by atoms with Crippen LogP contribution in [-0.2, 0) is 0 Å². The Morgan fingerprint density at radius 2 is 1.75 bits per heavy atom. The third kappa shape index (κ3) is 4.11. The smallest absolute Gasteiger partial charge is 0.267 e. The number of benzene rings is 2. The van der Waals surface area contributed by atoms with Crippen molar-refractivity contribution >= 4 is 35.1 Å². The summed E-state index contributed by atoms with van der Waals surface area (Å²) in [6.07, 6.45) is 1.21. The van der Waals surface area contributed by atoms with Crippen molar-refractivity contribution in [2.24, 2.45) is 5.10 Å². The Morgan fingerprint density at radius 3 is 2.33 bits per heavy atom. The molecule has 1 amide bonds. The molecule has 24 heavy (non-hydrogen) atoms. The van der Waals surface area contributed by atoms with Crippen LogP contribution in [0, 0.1) is 20.2 Å². The Morgan fingerprint density at radius 1 is 1.08 bits per heavy atom. The number of halogens is 1. The number of amides is 1. The number of nitrogens with one attached hydrogen (secondary N) is 1. The molecule has 0 spiro atoms. The second kappa shape index (κ2) is 7.29. The highest BCUT2D eigenvalue weighted by molar-refractivity contribution is 6.32. The molecule has 0 aliphatic rings. The van der Waals surface area contributed by atoms with E-state index in [1.54, 1.807) is 0 Å². The topological polar surface area (TPSA) is 128 Å². The second-order valence-electron chi connectivity index (χ2n) is 4.47. The Bertz CT molecular complexity index is 836. The van der Waals surface area contributed by atoms with Crippen LogP contribution >= 0.6 is 11.6 Å². The number of nitro benzene ring substituents is 2. The van der Waals surface area contributed by atoms with E-state index in [0.717, 1.165) is 0 Å². The van der Waals surface area contributed by atoms with E-state index in [9.17, 15) is 25.0 Å². The number of rotatable bonds is 5. The molecule has 10 heteroatoms. The summed E-state index contributed by atoms with van der Waals surface area (Å²) in [5.41, 5.74) is 2.36. The van der Waals surface area contributed by atoms with Crippen LogP contribution in [0.25, 0.3) is 0 Å². The maximum Gasteiger partial charge on any atom is 0.288 e. The number of nitro groups is 2. The van der Waals surface area contributed by atoms with Gasteiger partial charge in [-0.2, -0.15) is 5.10 Å². The number of nitrogens with zero attached hydrogens (tertiary/aromatic N) is 3. The van der Waals surface area contributed by atoms with Gasteiger partial charge in [0.05, 0.1) is 16.1 Å². The van der Waals surface area contributed by atoms with E-state index in [2.05, 4.69) is 10.5 Å². The molecule has 0 saturated carbocycles. The van der Waals surface area contributed by atoms with Crippen molar-refractivity contribution in [2.45, 2.75) is 0 Å². The minimum absolute atomic E-state index is 0.00735. The van der Waals surface area contributed by atoms with Crippen molar-refractivity contribution in [2.75, 3.05) is 0 Å². The van der Waals surface area contributed by atoms with Gasteiger partial charge in [-0.05, 0) is 18.2 Å². The van der Waals surface area contributed by atoms with Gasteiger partial charge in [0.15, 0.2) is 0 Å². The predicted octanol–water partition coefficient (Wildman–Crippen LogP) is 2.92. The van der Waals surface area contributed by atoms with E-state index in [1.807, 2.05) is 0 Å². The van der Waals surface area contributed by atoms with E-state index in [-0.39, 0.29) is 22.0 Å². The lowest BCUT2D eigenvalue weighted by Crippen LogP contribution is -2.17. The highest BCUT2D eigenvalue weighted by Crippen LogP contribution is 2.24. The average molecular weight is 349 g/mol. The fourth-order valence-corrected chi connectivity index (χ4v) is 1.90. The summed E-state index contributed by atoms with van der Waals surface area (Å²) in [5.74, 6) is -0.579. The lowest BCUT2D eigenvalue weighted by Gasteiger charge is -2.00. The van der Waals surface area contributed by atoms with Crippen molar-refractivity contribution in [1.29, 1.82) is 0 Å². The molecule has 2 aromatic carbocycles. The van der Waals surface area contributed by atoms with Crippen LogP contribution in [0.3, 0.4) is 0 Å². The first-order valence-electron chi connectivity index (χ1n) is 6.40. The Balaban J connectivity index is 2.05. The monoisotopic (exact) mass is 348 g/mol. The van der Waals surface area contributed by atoms with Gasteiger partial charge in [-0.1, -0.05) is 17.7 Å². The van der Waals surface area contributed by atoms with E-state index in [0.29, 0.717) is 5.56 Å². The molecule has 0 heterocycles. The zero-order valence-electron chi connectivity index (χ0n) is 11.9. The van der Waals surface area contributed by atoms with Crippen molar-refractivity contribution in [3.05, 3.63) is 78.8 Å². The molecule has 2 aromatic rings. The summed E-state index contributed by atoms with van der Waals surface area (Å²) in [4.78, 5) is 31.9. The fraction of sp³-hybridized carbons (Fsp3) is 0. The van der Waals surface area contributed by atoms with Gasteiger partial charge in [-0.3, -0.25) is 25.0 Å². The predicted molar refractivity (Wildman–Crippen MR) is 86.3 cm³/mol. The van der Waals surface area contributed by atoms with Gasteiger partial charge in [0, 0.05) is 29.3 Å². The number of hydrogen-bond acceptors (Lipinski definition) is 6. The Kier molecular flexibility index (Phi) is 5.17. The standard InChI is InChI=1S/C14H9ClN4O5/c15-12-6-1-9(7-13(12)19(23)24)8-16-17-14(20)10-2-4-11(5-3-10)18(21)22/h1-8H,(H,17,20)/b16-8+. The quantitative estimate of drug-likeness (QED) is 0.504. The molecule has 122 valence electrons.